The van der Waals surface area contributed by atoms with Crippen LogP contribution >= 0.6 is 23.2 Å². The second-order valence-corrected chi connectivity index (χ2v) is 7.30. The van der Waals surface area contributed by atoms with Gasteiger partial charge in [0.25, 0.3) is 0 Å². The maximum atomic E-state index is 12.1. The molecule has 0 aliphatic carbocycles. The fourth-order valence-electron chi connectivity index (χ4n) is 2.38. The number of hydrogen-bond acceptors (Lipinski definition) is 5. The van der Waals surface area contributed by atoms with Gasteiger partial charge in [0, 0.05) is 37.4 Å². The number of amides is 1. The number of nitrogens with one attached hydrogen (secondary N) is 1. The molecule has 0 spiro atoms. The van der Waals surface area contributed by atoms with E-state index in [9.17, 15) is 4.79 Å². The zero-order valence-corrected chi connectivity index (χ0v) is 15.1. The van der Waals surface area contributed by atoms with Crippen LogP contribution in [-0.4, -0.2) is 45.7 Å². The van der Waals surface area contributed by atoms with Crippen molar-refractivity contribution in [3.05, 3.63) is 22.2 Å². The minimum atomic E-state index is -0.481. The normalized spacial score (nSPS) is 18.8. The van der Waals surface area contributed by atoms with E-state index < -0.39 is 5.60 Å². The largest absolute Gasteiger partial charge is 0.444 e. The van der Waals surface area contributed by atoms with Gasteiger partial charge in [-0.3, -0.25) is 0 Å². The Balaban J connectivity index is 1.87. The van der Waals surface area contributed by atoms with Gasteiger partial charge in [0.15, 0.2) is 0 Å². The lowest BCUT2D eigenvalue weighted by Gasteiger charge is -2.34. The Hall–Kier alpha value is -1.11. The molecule has 1 unspecified atom stereocenters. The van der Waals surface area contributed by atoms with Gasteiger partial charge in [-0.05, 0) is 45.2 Å². The zero-order valence-electron chi connectivity index (χ0n) is 13.6. The van der Waals surface area contributed by atoms with Crippen molar-refractivity contribution in [1.29, 1.82) is 0 Å². The summed E-state index contributed by atoms with van der Waals surface area (Å²) in [4.78, 5) is 21.7. The quantitative estimate of drug-likeness (QED) is 0.661. The first-order chi connectivity index (χ1) is 10.7. The van der Waals surface area contributed by atoms with Crippen LogP contribution in [0, 0.1) is 0 Å². The zero-order chi connectivity index (χ0) is 17.0. The number of hydrogen-bond donors (Lipinski definition) is 1. The molecule has 1 aromatic rings. The number of aromatic nitrogens is 2. The molecule has 1 aliphatic rings. The molecule has 1 fully saturated rings. The van der Waals surface area contributed by atoms with Crippen molar-refractivity contribution in [2.45, 2.75) is 51.8 Å². The van der Waals surface area contributed by atoms with E-state index in [0.29, 0.717) is 18.2 Å². The number of carbonyl (C=O) groups is 1. The summed E-state index contributed by atoms with van der Waals surface area (Å²) in [5, 5.41) is 3.87. The van der Waals surface area contributed by atoms with Gasteiger partial charge >= 0.3 is 6.09 Å². The highest BCUT2D eigenvalue weighted by molar-refractivity contribution is 6.32. The van der Waals surface area contributed by atoms with Crippen LogP contribution in [0.2, 0.25) is 10.4 Å². The molecule has 128 valence electrons. The summed E-state index contributed by atoms with van der Waals surface area (Å²) in [7, 11) is 0. The number of halogens is 2. The summed E-state index contributed by atoms with van der Waals surface area (Å²) >= 11 is 11.7. The molecule has 23 heavy (non-hydrogen) atoms. The molecule has 1 amide bonds. The van der Waals surface area contributed by atoms with E-state index >= 15 is 0 Å². The third-order valence-electron chi connectivity index (χ3n) is 3.44. The van der Waals surface area contributed by atoms with Gasteiger partial charge in [-0.1, -0.05) is 11.6 Å². The number of likely N-dealkylation sites (tertiary alicyclic amines) is 1. The van der Waals surface area contributed by atoms with Gasteiger partial charge in [-0.15, -0.1) is 0 Å². The van der Waals surface area contributed by atoms with Crippen molar-refractivity contribution in [3.8, 4) is 0 Å². The van der Waals surface area contributed by atoms with E-state index in [2.05, 4.69) is 15.3 Å². The van der Waals surface area contributed by atoms with E-state index in [0.717, 1.165) is 24.9 Å². The SMILES string of the molecule is CC(C)(C)OC(=O)N1CCCC(NCc2cnc(Cl)nc2Cl)C1. The lowest BCUT2D eigenvalue weighted by atomic mass is 10.1. The van der Waals surface area contributed by atoms with E-state index in [-0.39, 0.29) is 17.4 Å². The topological polar surface area (TPSA) is 67.3 Å². The van der Waals surface area contributed by atoms with Crippen molar-refractivity contribution in [2.75, 3.05) is 13.1 Å². The Labute approximate surface area is 146 Å². The second kappa shape index (κ2) is 7.64. The predicted octanol–water partition coefficient (Wildman–Crippen LogP) is 3.27. The molecular formula is C15H22Cl2N4O2. The Kier molecular flexibility index (Phi) is 6.06. The first-order valence-electron chi connectivity index (χ1n) is 7.63. The van der Waals surface area contributed by atoms with Crippen LogP contribution in [0.3, 0.4) is 0 Å². The van der Waals surface area contributed by atoms with Gasteiger partial charge in [-0.25, -0.2) is 14.8 Å². The lowest BCUT2D eigenvalue weighted by Crippen LogP contribution is -2.49. The second-order valence-electron chi connectivity index (χ2n) is 6.60. The van der Waals surface area contributed by atoms with Gasteiger partial charge in [0.05, 0.1) is 0 Å². The lowest BCUT2D eigenvalue weighted by molar-refractivity contribution is 0.0187. The Morgan fingerprint density at radius 2 is 2.22 bits per heavy atom. The van der Waals surface area contributed by atoms with Gasteiger partial charge in [-0.2, -0.15) is 0 Å². The van der Waals surface area contributed by atoms with Crippen molar-refractivity contribution < 1.29 is 9.53 Å². The van der Waals surface area contributed by atoms with E-state index in [1.54, 1.807) is 11.1 Å². The van der Waals surface area contributed by atoms with Crippen LogP contribution in [0.25, 0.3) is 0 Å². The molecule has 8 heteroatoms. The third-order valence-corrected chi connectivity index (χ3v) is 3.95. The Bertz CT molecular complexity index is 563. The van der Waals surface area contributed by atoms with Crippen LogP contribution in [0.4, 0.5) is 4.79 Å². The molecule has 1 saturated heterocycles. The molecule has 0 radical (unpaired) electrons. The molecular weight excluding hydrogens is 339 g/mol. The van der Waals surface area contributed by atoms with Gasteiger partial charge < -0.3 is 15.0 Å². The highest BCUT2D eigenvalue weighted by Gasteiger charge is 2.27. The van der Waals surface area contributed by atoms with Gasteiger partial charge in [0.2, 0.25) is 5.28 Å². The summed E-state index contributed by atoms with van der Waals surface area (Å²) < 4.78 is 5.42. The average Bonchev–Trinajstić information content (AvgIpc) is 2.45. The summed E-state index contributed by atoms with van der Waals surface area (Å²) in [5.74, 6) is 0. The van der Waals surface area contributed by atoms with Crippen molar-refractivity contribution >= 4 is 29.3 Å². The third kappa shape index (κ3) is 5.79. The van der Waals surface area contributed by atoms with E-state index in [1.165, 1.54) is 0 Å². The summed E-state index contributed by atoms with van der Waals surface area (Å²) in [6, 6.07) is 0.183. The van der Waals surface area contributed by atoms with Crippen molar-refractivity contribution in [3.63, 3.8) is 0 Å². The molecule has 1 aliphatic heterocycles. The van der Waals surface area contributed by atoms with E-state index in [4.69, 9.17) is 27.9 Å². The number of piperidine rings is 1. The number of rotatable bonds is 3. The minimum absolute atomic E-state index is 0.132. The molecule has 0 bridgehead atoms. The standard InChI is InChI=1S/C15H22Cl2N4O2/c1-15(2,3)23-14(22)21-6-4-5-11(9-21)18-7-10-8-19-13(17)20-12(10)16/h8,11,18H,4-7,9H2,1-3H3. The van der Waals surface area contributed by atoms with Crippen LogP contribution in [0.15, 0.2) is 6.20 Å². The number of nitrogens with zero attached hydrogens (tertiary/aromatic N) is 3. The monoisotopic (exact) mass is 360 g/mol. The van der Waals surface area contributed by atoms with Crippen LogP contribution in [0.5, 0.6) is 0 Å². The van der Waals surface area contributed by atoms with Crippen molar-refractivity contribution in [2.24, 2.45) is 0 Å². The predicted molar refractivity (Wildman–Crippen MR) is 89.7 cm³/mol. The van der Waals surface area contributed by atoms with Crippen molar-refractivity contribution in [1.82, 2.24) is 20.2 Å². The molecule has 1 N–H and O–H groups in total. The van der Waals surface area contributed by atoms with Gasteiger partial charge in [0.1, 0.15) is 10.8 Å². The highest BCUT2D eigenvalue weighted by atomic mass is 35.5. The summed E-state index contributed by atoms with van der Waals surface area (Å²) in [6.07, 6.45) is 3.27. The Morgan fingerprint density at radius 3 is 2.87 bits per heavy atom. The molecule has 0 aromatic carbocycles. The molecule has 2 rings (SSSR count). The smallest absolute Gasteiger partial charge is 0.410 e. The van der Waals surface area contributed by atoms with Crippen LogP contribution in [-0.2, 0) is 11.3 Å². The maximum Gasteiger partial charge on any atom is 0.410 e. The van der Waals surface area contributed by atoms with Crippen LogP contribution in [0.1, 0.15) is 39.2 Å². The molecule has 2 heterocycles. The molecule has 0 saturated carbocycles. The minimum Gasteiger partial charge on any atom is -0.444 e. The number of carbonyl (C=O) groups excluding carboxylic acids is 1. The van der Waals surface area contributed by atoms with Crippen LogP contribution < -0.4 is 5.32 Å². The molecule has 1 aromatic heterocycles. The molecule has 1 atom stereocenters. The summed E-state index contributed by atoms with van der Waals surface area (Å²) in [6.45, 7) is 7.47. The first kappa shape index (κ1) is 18.2. The number of ether oxygens (including phenoxy) is 1. The van der Waals surface area contributed by atoms with E-state index in [1.807, 2.05) is 20.8 Å². The average molecular weight is 361 g/mol. The first-order valence-corrected chi connectivity index (χ1v) is 8.38. The fraction of sp³-hybridized carbons (Fsp3) is 0.667. The molecule has 6 nitrogen and oxygen atoms in total. The Morgan fingerprint density at radius 1 is 1.48 bits per heavy atom. The highest BCUT2D eigenvalue weighted by Crippen LogP contribution is 2.17. The maximum absolute atomic E-state index is 12.1. The fourth-order valence-corrected chi connectivity index (χ4v) is 2.75. The summed E-state index contributed by atoms with van der Waals surface area (Å²) in [5.41, 5.74) is 0.302.